The van der Waals surface area contributed by atoms with Crippen molar-refractivity contribution in [1.82, 2.24) is 0 Å². The quantitative estimate of drug-likeness (QED) is 0.262. The Bertz CT molecular complexity index is 986. The van der Waals surface area contributed by atoms with Gasteiger partial charge in [-0.25, -0.2) is 8.78 Å². The number of benzene rings is 2. The maximum Gasteiger partial charge on any atom is 0.422 e. The van der Waals surface area contributed by atoms with Crippen LogP contribution in [-0.2, 0) is 0 Å². The van der Waals surface area contributed by atoms with Crippen LogP contribution in [0.3, 0.4) is 0 Å². The lowest BCUT2D eigenvalue weighted by atomic mass is 9.63. The second-order valence-corrected chi connectivity index (χ2v) is 10.5. The normalized spacial score (nSPS) is 24.7. The second kappa shape index (κ2) is 11.3. The smallest absolute Gasteiger partial charge is 0.422 e. The zero-order valence-corrected chi connectivity index (χ0v) is 20.3. The summed E-state index contributed by atoms with van der Waals surface area (Å²) in [6.07, 6.45) is 8.08. The first-order valence-corrected chi connectivity index (χ1v) is 13.0. The highest BCUT2D eigenvalue weighted by atomic mass is 19.4. The third kappa shape index (κ3) is 6.77. The van der Waals surface area contributed by atoms with Gasteiger partial charge in [0.25, 0.3) is 0 Å². The van der Waals surface area contributed by atoms with Gasteiger partial charge in [0.05, 0.1) is 0 Å². The van der Waals surface area contributed by atoms with E-state index in [-0.39, 0.29) is 11.1 Å². The van der Waals surface area contributed by atoms with Crippen molar-refractivity contribution in [1.29, 1.82) is 0 Å². The summed E-state index contributed by atoms with van der Waals surface area (Å²) in [4.78, 5) is 0. The first kappa shape index (κ1) is 26.0. The van der Waals surface area contributed by atoms with Crippen molar-refractivity contribution in [3.63, 3.8) is 0 Å². The Hall–Kier alpha value is -2.11. The van der Waals surface area contributed by atoms with Gasteiger partial charge in [0.1, 0.15) is 5.82 Å². The van der Waals surface area contributed by atoms with Gasteiger partial charge in [-0.1, -0.05) is 57.2 Å². The van der Waals surface area contributed by atoms with E-state index >= 15 is 4.39 Å². The van der Waals surface area contributed by atoms with Crippen LogP contribution in [0.15, 0.2) is 36.4 Å². The zero-order valence-electron chi connectivity index (χ0n) is 20.3. The first-order valence-electron chi connectivity index (χ1n) is 13.0. The van der Waals surface area contributed by atoms with Crippen LogP contribution in [0.5, 0.6) is 5.75 Å². The summed E-state index contributed by atoms with van der Waals surface area (Å²) in [5.41, 5.74) is 1.49. The highest BCUT2D eigenvalue weighted by molar-refractivity contribution is 5.65. The van der Waals surface area contributed by atoms with E-state index in [0.29, 0.717) is 5.92 Å². The molecule has 4 atom stereocenters. The van der Waals surface area contributed by atoms with Gasteiger partial charge >= 0.3 is 6.18 Å². The van der Waals surface area contributed by atoms with Gasteiger partial charge in [-0.2, -0.15) is 13.2 Å². The molecule has 0 aliphatic heterocycles. The third-order valence-corrected chi connectivity index (χ3v) is 8.04. The maximum absolute atomic E-state index is 15.1. The molecule has 1 unspecified atom stereocenters. The van der Waals surface area contributed by atoms with Crippen molar-refractivity contribution < 1.29 is 26.7 Å². The van der Waals surface area contributed by atoms with E-state index in [1.54, 1.807) is 12.1 Å². The number of unbranched alkanes of at least 4 members (excludes halogenated alkanes) is 2. The molecule has 0 radical (unpaired) electrons. The summed E-state index contributed by atoms with van der Waals surface area (Å²) in [6.45, 7) is 0.675. The van der Waals surface area contributed by atoms with Crippen LogP contribution in [-0.4, -0.2) is 12.8 Å². The number of halogens is 5. The molecule has 2 aromatic rings. The lowest BCUT2D eigenvalue weighted by molar-refractivity contribution is -0.153. The fourth-order valence-electron chi connectivity index (χ4n) is 6.20. The molecule has 35 heavy (non-hydrogen) atoms. The van der Waals surface area contributed by atoms with Crippen molar-refractivity contribution in [3.05, 3.63) is 53.6 Å². The molecular weight excluding hydrogens is 459 g/mol. The lowest BCUT2D eigenvalue weighted by Crippen LogP contribution is -2.30. The minimum Gasteiger partial charge on any atom is -0.481 e. The van der Waals surface area contributed by atoms with Gasteiger partial charge in [0.2, 0.25) is 0 Å². The number of ether oxygens (including phenoxy) is 1. The van der Waals surface area contributed by atoms with Crippen molar-refractivity contribution in [2.45, 2.75) is 83.2 Å². The third-order valence-electron chi connectivity index (χ3n) is 8.04. The van der Waals surface area contributed by atoms with Crippen LogP contribution in [0.4, 0.5) is 22.0 Å². The Morgan fingerprint density at radius 1 is 0.857 bits per heavy atom. The molecule has 0 heterocycles. The highest BCUT2D eigenvalue weighted by Gasteiger charge is 2.36. The van der Waals surface area contributed by atoms with Crippen molar-refractivity contribution >= 4 is 0 Å². The molecule has 2 saturated carbocycles. The van der Waals surface area contributed by atoms with Crippen LogP contribution < -0.4 is 4.74 Å². The number of hydrogen-bond acceptors (Lipinski definition) is 1. The fraction of sp³-hybridized carbons (Fsp3) is 0.586. The molecule has 2 aliphatic carbocycles. The molecule has 1 nitrogen and oxygen atoms in total. The first-order chi connectivity index (χ1) is 16.7. The van der Waals surface area contributed by atoms with Gasteiger partial charge in [0.15, 0.2) is 18.2 Å². The minimum atomic E-state index is -4.56. The van der Waals surface area contributed by atoms with Gasteiger partial charge in [0, 0.05) is 5.56 Å². The molecule has 2 aromatic carbocycles. The lowest BCUT2D eigenvalue weighted by Gasteiger charge is -2.42. The van der Waals surface area contributed by atoms with Crippen LogP contribution >= 0.6 is 0 Å². The summed E-state index contributed by atoms with van der Waals surface area (Å²) < 4.78 is 70.8. The van der Waals surface area contributed by atoms with Crippen LogP contribution in [0, 0.1) is 29.4 Å². The Morgan fingerprint density at radius 3 is 2.34 bits per heavy atom. The van der Waals surface area contributed by atoms with Crippen LogP contribution in [0.25, 0.3) is 11.1 Å². The molecule has 2 fully saturated rings. The molecule has 192 valence electrons. The van der Waals surface area contributed by atoms with E-state index in [1.165, 1.54) is 57.4 Å². The Labute approximate surface area is 205 Å². The van der Waals surface area contributed by atoms with Gasteiger partial charge in [-0.15, -0.1) is 0 Å². The summed E-state index contributed by atoms with van der Waals surface area (Å²) >= 11 is 0. The average Bonchev–Trinajstić information content (AvgIpc) is 2.82. The van der Waals surface area contributed by atoms with E-state index in [2.05, 4.69) is 11.7 Å². The molecule has 0 saturated heterocycles. The largest absolute Gasteiger partial charge is 0.481 e. The molecular formula is C29H35F5O. The van der Waals surface area contributed by atoms with E-state index in [1.807, 2.05) is 6.07 Å². The number of rotatable bonds is 8. The standard InChI is InChI=1S/C29H35F5O/c1-2-3-4-5-19-6-7-21-15-22(9-8-20(21)14-19)23-10-12-25(26(30)16-23)24-11-13-28(27(31)17-24)35-18-29(32,33)34/h10-13,16-17,19-22H,2-9,14-15,18H2,1H3/t19?,20-,21-,22-/m1/s1. The van der Waals surface area contributed by atoms with Crippen molar-refractivity contribution in [2.75, 3.05) is 6.61 Å². The second-order valence-electron chi connectivity index (χ2n) is 10.5. The molecule has 0 spiro atoms. The van der Waals surface area contributed by atoms with E-state index in [4.69, 9.17) is 0 Å². The predicted molar refractivity (Wildman–Crippen MR) is 128 cm³/mol. The molecule has 0 N–H and O–H groups in total. The van der Waals surface area contributed by atoms with Gasteiger partial charge in [-0.05, 0) is 85.1 Å². The molecule has 0 bridgehead atoms. The van der Waals surface area contributed by atoms with E-state index in [0.717, 1.165) is 48.3 Å². The number of fused-ring (bicyclic) bond motifs is 1. The molecule has 0 amide bonds. The monoisotopic (exact) mass is 494 g/mol. The van der Waals surface area contributed by atoms with Crippen LogP contribution in [0.1, 0.15) is 82.6 Å². The maximum atomic E-state index is 15.1. The van der Waals surface area contributed by atoms with Gasteiger partial charge in [-0.3, -0.25) is 0 Å². The predicted octanol–water partition coefficient (Wildman–Crippen LogP) is 9.45. The summed E-state index contributed by atoms with van der Waals surface area (Å²) in [5, 5.41) is 0. The molecule has 4 rings (SSSR count). The van der Waals surface area contributed by atoms with Crippen molar-refractivity contribution in [2.24, 2.45) is 17.8 Å². The fourth-order valence-corrected chi connectivity index (χ4v) is 6.20. The number of hydrogen-bond donors (Lipinski definition) is 0. The van der Waals surface area contributed by atoms with Gasteiger partial charge < -0.3 is 4.74 Å². The van der Waals surface area contributed by atoms with E-state index < -0.39 is 30.2 Å². The summed E-state index contributed by atoms with van der Waals surface area (Å²) in [7, 11) is 0. The minimum absolute atomic E-state index is 0.233. The SMILES string of the molecule is CCCCCC1CC[C@@H]2C[C@H](c3ccc(-c4ccc(OCC(F)(F)F)c(F)c4)c(F)c3)CC[C@@H]2C1. The molecule has 6 heteroatoms. The Morgan fingerprint density at radius 2 is 1.63 bits per heavy atom. The average molecular weight is 495 g/mol. The van der Waals surface area contributed by atoms with E-state index in [9.17, 15) is 17.6 Å². The van der Waals surface area contributed by atoms with Crippen molar-refractivity contribution in [3.8, 4) is 16.9 Å². The Balaban J connectivity index is 1.38. The zero-order chi connectivity index (χ0) is 25.0. The topological polar surface area (TPSA) is 9.23 Å². The van der Waals surface area contributed by atoms with Crippen LogP contribution in [0.2, 0.25) is 0 Å². The summed E-state index contributed by atoms with van der Waals surface area (Å²) in [6, 6.07) is 8.66. The Kier molecular flexibility index (Phi) is 8.38. The highest BCUT2D eigenvalue weighted by Crippen LogP contribution is 2.48. The molecule has 0 aromatic heterocycles. The molecule has 2 aliphatic rings. The number of alkyl halides is 3. The summed E-state index contributed by atoms with van der Waals surface area (Å²) in [5.74, 6) is 0.855.